The van der Waals surface area contributed by atoms with Crippen LogP contribution < -0.4 is 4.87 Å². The number of nitriles is 1. The summed E-state index contributed by atoms with van der Waals surface area (Å²) in [7, 11) is 0. The molecule has 0 amide bonds. The number of benzene rings is 1. The van der Waals surface area contributed by atoms with E-state index in [1.54, 1.807) is 4.57 Å². The SMILES string of the molecule is Cc1cccc2sc(=O)n(CCCC#N)c12. The highest BCUT2D eigenvalue weighted by molar-refractivity contribution is 7.16. The second kappa shape index (κ2) is 4.50. The first kappa shape index (κ1) is 10.9. The fourth-order valence-electron chi connectivity index (χ4n) is 1.82. The van der Waals surface area contributed by atoms with Gasteiger partial charge in [-0.05, 0) is 25.0 Å². The van der Waals surface area contributed by atoms with Crippen LogP contribution in [0.4, 0.5) is 0 Å². The van der Waals surface area contributed by atoms with Gasteiger partial charge in [0.25, 0.3) is 0 Å². The van der Waals surface area contributed by atoms with Gasteiger partial charge >= 0.3 is 4.87 Å². The number of hydrogen-bond donors (Lipinski definition) is 0. The summed E-state index contributed by atoms with van der Waals surface area (Å²) in [4.78, 5) is 11.9. The van der Waals surface area contributed by atoms with E-state index in [-0.39, 0.29) is 4.87 Å². The normalized spacial score (nSPS) is 10.5. The Labute approximate surface area is 97.6 Å². The molecule has 1 aromatic heterocycles. The van der Waals surface area contributed by atoms with Crippen LogP contribution in [-0.4, -0.2) is 4.57 Å². The molecule has 0 aliphatic carbocycles. The third kappa shape index (κ3) is 1.86. The molecule has 0 saturated carbocycles. The van der Waals surface area contributed by atoms with Gasteiger partial charge in [0.1, 0.15) is 0 Å². The van der Waals surface area contributed by atoms with Crippen LogP contribution in [0.25, 0.3) is 10.2 Å². The van der Waals surface area contributed by atoms with Gasteiger partial charge in [-0.1, -0.05) is 23.5 Å². The van der Waals surface area contributed by atoms with Gasteiger partial charge in [-0.3, -0.25) is 9.36 Å². The number of para-hydroxylation sites is 1. The van der Waals surface area contributed by atoms with Crippen molar-refractivity contribution in [3.05, 3.63) is 33.4 Å². The molecule has 0 bridgehead atoms. The molecule has 82 valence electrons. The van der Waals surface area contributed by atoms with Crippen LogP contribution in [-0.2, 0) is 6.54 Å². The summed E-state index contributed by atoms with van der Waals surface area (Å²) in [6, 6.07) is 8.04. The molecule has 0 aliphatic heterocycles. The number of nitrogens with zero attached hydrogens (tertiary/aromatic N) is 2. The van der Waals surface area contributed by atoms with Crippen molar-refractivity contribution in [3.63, 3.8) is 0 Å². The summed E-state index contributed by atoms with van der Waals surface area (Å²) in [5.74, 6) is 0. The summed E-state index contributed by atoms with van der Waals surface area (Å²) >= 11 is 1.28. The zero-order chi connectivity index (χ0) is 11.5. The van der Waals surface area contributed by atoms with E-state index < -0.39 is 0 Å². The van der Waals surface area contributed by atoms with Crippen molar-refractivity contribution < 1.29 is 0 Å². The molecule has 4 heteroatoms. The van der Waals surface area contributed by atoms with Crippen LogP contribution in [0.1, 0.15) is 18.4 Å². The first-order chi connectivity index (χ1) is 7.74. The predicted octanol–water partition coefficient (Wildman–Crippen LogP) is 2.68. The first-order valence-corrected chi connectivity index (χ1v) is 6.01. The minimum Gasteiger partial charge on any atom is -0.298 e. The molecule has 1 aromatic carbocycles. The van der Waals surface area contributed by atoms with Gasteiger partial charge in [0.2, 0.25) is 0 Å². The third-order valence-corrected chi connectivity index (χ3v) is 3.50. The second-order valence-electron chi connectivity index (χ2n) is 3.70. The molecule has 2 rings (SSSR count). The van der Waals surface area contributed by atoms with Crippen molar-refractivity contribution in [3.8, 4) is 6.07 Å². The number of hydrogen-bond acceptors (Lipinski definition) is 3. The fraction of sp³-hybridized carbons (Fsp3) is 0.333. The zero-order valence-corrected chi connectivity index (χ0v) is 9.88. The molecule has 1 heterocycles. The van der Waals surface area contributed by atoms with Crippen LogP contribution in [0, 0.1) is 18.3 Å². The van der Waals surface area contributed by atoms with Gasteiger partial charge in [0, 0.05) is 13.0 Å². The van der Waals surface area contributed by atoms with Crippen molar-refractivity contribution in [2.45, 2.75) is 26.3 Å². The maximum atomic E-state index is 11.8. The van der Waals surface area contributed by atoms with Crippen molar-refractivity contribution in [2.24, 2.45) is 0 Å². The Morgan fingerprint density at radius 2 is 2.31 bits per heavy atom. The van der Waals surface area contributed by atoms with Crippen molar-refractivity contribution >= 4 is 21.6 Å². The lowest BCUT2D eigenvalue weighted by Crippen LogP contribution is -2.13. The molecule has 0 aliphatic rings. The summed E-state index contributed by atoms with van der Waals surface area (Å²) in [6.45, 7) is 2.65. The Morgan fingerprint density at radius 1 is 1.50 bits per heavy atom. The monoisotopic (exact) mass is 232 g/mol. The summed E-state index contributed by atoms with van der Waals surface area (Å²) in [6.07, 6.45) is 1.23. The van der Waals surface area contributed by atoms with E-state index in [9.17, 15) is 4.79 Å². The topological polar surface area (TPSA) is 45.8 Å². The highest BCUT2D eigenvalue weighted by atomic mass is 32.1. The first-order valence-electron chi connectivity index (χ1n) is 5.20. The van der Waals surface area contributed by atoms with Crippen LogP contribution in [0.2, 0.25) is 0 Å². The van der Waals surface area contributed by atoms with Gasteiger partial charge in [-0.15, -0.1) is 0 Å². The predicted molar refractivity (Wildman–Crippen MR) is 65.7 cm³/mol. The van der Waals surface area contributed by atoms with E-state index in [1.807, 2.05) is 25.1 Å². The molecule has 0 saturated heterocycles. The summed E-state index contributed by atoms with van der Waals surface area (Å²) in [5, 5.41) is 8.50. The zero-order valence-electron chi connectivity index (χ0n) is 9.06. The molecule has 0 radical (unpaired) electrons. The number of rotatable bonds is 3. The number of aromatic nitrogens is 1. The van der Waals surface area contributed by atoms with E-state index >= 15 is 0 Å². The maximum absolute atomic E-state index is 11.8. The second-order valence-corrected chi connectivity index (χ2v) is 4.70. The number of aryl methyl sites for hydroxylation is 2. The molecule has 0 unspecified atom stereocenters. The van der Waals surface area contributed by atoms with Crippen LogP contribution in [0.5, 0.6) is 0 Å². The largest absolute Gasteiger partial charge is 0.308 e. The van der Waals surface area contributed by atoms with Gasteiger partial charge < -0.3 is 0 Å². The van der Waals surface area contributed by atoms with E-state index in [4.69, 9.17) is 5.26 Å². The Kier molecular flexibility index (Phi) is 3.07. The minimum absolute atomic E-state index is 0.0715. The van der Waals surface area contributed by atoms with E-state index in [0.29, 0.717) is 13.0 Å². The quantitative estimate of drug-likeness (QED) is 0.764. The molecule has 16 heavy (non-hydrogen) atoms. The number of fused-ring (bicyclic) bond motifs is 1. The van der Waals surface area contributed by atoms with Gasteiger partial charge in [-0.25, -0.2) is 0 Å². The lowest BCUT2D eigenvalue weighted by atomic mass is 10.2. The van der Waals surface area contributed by atoms with Crippen LogP contribution in [0.15, 0.2) is 23.0 Å². The van der Waals surface area contributed by atoms with Gasteiger partial charge in [0.05, 0.1) is 16.3 Å². The van der Waals surface area contributed by atoms with E-state index in [0.717, 1.165) is 22.2 Å². The number of unbranched alkanes of at least 4 members (excludes halogenated alkanes) is 1. The molecule has 0 fully saturated rings. The van der Waals surface area contributed by atoms with E-state index in [2.05, 4.69) is 6.07 Å². The Hall–Kier alpha value is -1.60. The van der Waals surface area contributed by atoms with Crippen molar-refractivity contribution in [1.29, 1.82) is 5.26 Å². The Morgan fingerprint density at radius 3 is 3.06 bits per heavy atom. The molecular weight excluding hydrogens is 220 g/mol. The molecule has 0 atom stereocenters. The van der Waals surface area contributed by atoms with Crippen molar-refractivity contribution in [2.75, 3.05) is 0 Å². The third-order valence-electron chi connectivity index (χ3n) is 2.56. The number of thiazole rings is 1. The van der Waals surface area contributed by atoms with Gasteiger partial charge in [-0.2, -0.15) is 5.26 Å². The highest BCUT2D eigenvalue weighted by Gasteiger charge is 2.08. The smallest absolute Gasteiger partial charge is 0.298 e. The standard InChI is InChI=1S/C12H12N2OS/c1-9-5-4-6-10-11(9)14(12(15)16-10)8-3-2-7-13/h4-6H,2-3,8H2,1H3. The molecule has 0 spiro atoms. The fourth-order valence-corrected chi connectivity index (χ4v) is 2.82. The molecular formula is C12H12N2OS. The summed E-state index contributed by atoms with van der Waals surface area (Å²) < 4.78 is 2.81. The average molecular weight is 232 g/mol. The van der Waals surface area contributed by atoms with E-state index in [1.165, 1.54) is 11.3 Å². The maximum Gasteiger partial charge on any atom is 0.308 e. The molecule has 3 nitrogen and oxygen atoms in total. The van der Waals surface area contributed by atoms with Crippen molar-refractivity contribution in [1.82, 2.24) is 4.57 Å². The average Bonchev–Trinajstić information content (AvgIpc) is 2.57. The minimum atomic E-state index is 0.0715. The lowest BCUT2D eigenvalue weighted by Gasteiger charge is -2.03. The molecule has 0 N–H and O–H groups in total. The lowest BCUT2D eigenvalue weighted by molar-refractivity contribution is 0.662. The molecule has 2 aromatic rings. The van der Waals surface area contributed by atoms with Crippen LogP contribution >= 0.6 is 11.3 Å². The Balaban J connectivity index is 2.47. The highest BCUT2D eigenvalue weighted by Crippen LogP contribution is 2.20. The Bertz CT molecular complexity index is 603. The summed E-state index contributed by atoms with van der Waals surface area (Å²) in [5.41, 5.74) is 2.14. The van der Waals surface area contributed by atoms with Crippen LogP contribution in [0.3, 0.4) is 0 Å². The van der Waals surface area contributed by atoms with Gasteiger partial charge in [0.15, 0.2) is 0 Å².